The smallest absolute Gasteiger partial charge is 0.207 e. The van der Waals surface area contributed by atoms with Crippen LogP contribution in [0.4, 0.5) is 0 Å². The number of aromatic hydroxyl groups is 1. The Bertz CT molecular complexity index is 735. The van der Waals surface area contributed by atoms with Gasteiger partial charge in [0.1, 0.15) is 5.75 Å². The number of hydrogen-bond acceptors (Lipinski definition) is 3. The molecule has 0 fully saturated rings. The molecule has 17 heavy (non-hydrogen) atoms. The Morgan fingerprint density at radius 3 is 2.47 bits per heavy atom. The highest BCUT2D eigenvalue weighted by Crippen LogP contribution is 2.45. The fourth-order valence-electron chi connectivity index (χ4n) is 2.02. The third-order valence-corrected chi connectivity index (χ3v) is 5.12. The van der Waals surface area contributed by atoms with Gasteiger partial charge in [0, 0.05) is 15.6 Å². The highest BCUT2D eigenvalue weighted by atomic mass is 79.9. The lowest BCUT2D eigenvalue weighted by Crippen LogP contribution is -1.96. The molecule has 2 aromatic carbocycles. The van der Waals surface area contributed by atoms with E-state index in [0.29, 0.717) is 11.1 Å². The minimum atomic E-state index is -3.45. The molecule has 2 aromatic rings. The van der Waals surface area contributed by atoms with Gasteiger partial charge >= 0.3 is 0 Å². The second-order valence-corrected chi connectivity index (χ2v) is 6.63. The third-order valence-electron chi connectivity index (χ3n) is 2.78. The fraction of sp³-hybridized carbons (Fsp3) is 0. The molecule has 5 heteroatoms. The molecule has 0 bridgehead atoms. The Hall–Kier alpha value is -1.33. The number of rotatable bonds is 0. The molecule has 0 amide bonds. The molecule has 0 aromatic heterocycles. The molecule has 1 N–H and O–H groups in total. The molecule has 0 atom stereocenters. The molecule has 1 heterocycles. The van der Waals surface area contributed by atoms with Gasteiger partial charge in [0.05, 0.1) is 9.79 Å². The van der Waals surface area contributed by atoms with E-state index in [4.69, 9.17) is 0 Å². The fourth-order valence-corrected chi connectivity index (χ4v) is 4.23. The molecule has 0 aliphatic carbocycles. The molecule has 1 aliphatic rings. The average Bonchev–Trinajstić information content (AvgIpc) is 2.48. The molecule has 0 unspecified atom stereocenters. The minimum absolute atomic E-state index is 0.0646. The van der Waals surface area contributed by atoms with E-state index in [2.05, 4.69) is 15.9 Å². The van der Waals surface area contributed by atoms with Gasteiger partial charge in [-0.1, -0.05) is 22.0 Å². The summed E-state index contributed by atoms with van der Waals surface area (Å²) in [5.74, 6) is 0.0646. The van der Waals surface area contributed by atoms with Gasteiger partial charge in [-0.15, -0.1) is 0 Å². The molecule has 86 valence electrons. The summed E-state index contributed by atoms with van der Waals surface area (Å²) in [6.45, 7) is 0. The van der Waals surface area contributed by atoms with Crippen molar-refractivity contribution in [2.24, 2.45) is 0 Å². The number of fused-ring (bicyclic) bond motifs is 3. The Morgan fingerprint density at radius 2 is 1.71 bits per heavy atom. The van der Waals surface area contributed by atoms with Crippen molar-refractivity contribution in [2.45, 2.75) is 9.79 Å². The molecule has 0 saturated carbocycles. The SMILES string of the molecule is O=S1(=O)c2ccc(O)cc2-c2ccc(Br)cc21. The van der Waals surface area contributed by atoms with Crippen molar-refractivity contribution in [3.05, 3.63) is 40.9 Å². The summed E-state index contributed by atoms with van der Waals surface area (Å²) in [7, 11) is -3.45. The predicted octanol–water partition coefficient (Wildman–Crippen LogP) is 2.97. The monoisotopic (exact) mass is 310 g/mol. The third kappa shape index (κ3) is 1.42. The van der Waals surface area contributed by atoms with E-state index in [-0.39, 0.29) is 15.5 Å². The summed E-state index contributed by atoms with van der Waals surface area (Å²) < 4.78 is 25.2. The van der Waals surface area contributed by atoms with Crippen molar-refractivity contribution in [3.8, 4) is 16.9 Å². The Morgan fingerprint density at radius 1 is 0.941 bits per heavy atom. The second kappa shape index (κ2) is 3.34. The average molecular weight is 311 g/mol. The summed E-state index contributed by atoms with van der Waals surface area (Å²) >= 11 is 3.26. The maximum atomic E-state index is 12.2. The van der Waals surface area contributed by atoms with Crippen molar-refractivity contribution < 1.29 is 13.5 Å². The lowest BCUT2D eigenvalue weighted by molar-refractivity contribution is 0.475. The number of phenols is 1. The second-order valence-electron chi connectivity index (χ2n) is 3.82. The largest absolute Gasteiger partial charge is 0.508 e. The first-order valence-electron chi connectivity index (χ1n) is 4.88. The molecular formula is C12H7BrO3S. The molecule has 0 saturated heterocycles. The van der Waals surface area contributed by atoms with Crippen molar-refractivity contribution in [3.63, 3.8) is 0 Å². The van der Waals surface area contributed by atoms with Gasteiger partial charge in [-0.25, -0.2) is 8.42 Å². The quantitative estimate of drug-likeness (QED) is 0.694. The van der Waals surface area contributed by atoms with Gasteiger partial charge in [-0.3, -0.25) is 0 Å². The topological polar surface area (TPSA) is 54.4 Å². The number of halogens is 1. The number of benzene rings is 2. The Labute approximate surface area is 107 Å². The van der Waals surface area contributed by atoms with Gasteiger partial charge in [0.15, 0.2) is 0 Å². The van der Waals surface area contributed by atoms with E-state index in [9.17, 15) is 13.5 Å². The van der Waals surface area contributed by atoms with Gasteiger partial charge in [0.2, 0.25) is 9.84 Å². The molecule has 3 rings (SSSR count). The highest BCUT2D eigenvalue weighted by molar-refractivity contribution is 9.10. The predicted molar refractivity (Wildman–Crippen MR) is 66.7 cm³/mol. The minimum Gasteiger partial charge on any atom is -0.508 e. The molecule has 3 nitrogen and oxygen atoms in total. The van der Waals surface area contributed by atoms with Crippen LogP contribution in [-0.4, -0.2) is 13.5 Å². The van der Waals surface area contributed by atoms with Gasteiger partial charge < -0.3 is 5.11 Å². The van der Waals surface area contributed by atoms with Crippen LogP contribution in [0.3, 0.4) is 0 Å². The highest BCUT2D eigenvalue weighted by Gasteiger charge is 2.32. The first-order chi connectivity index (χ1) is 8.00. The van der Waals surface area contributed by atoms with Crippen LogP contribution in [0.1, 0.15) is 0 Å². The Kier molecular flexibility index (Phi) is 2.12. The van der Waals surface area contributed by atoms with Crippen LogP contribution in [0.25, 0.3) is 11.1 Å². The van der Waals surface area contributed by atoms with Crippen molar-refractivity contribution in [1.29, 1.82) is 0 Å². The lowest BCUT2D eigenvalue weighted by atomic mass is 10.1. The standard InChI is InChI=1S/C12H7BrO3S/c13-7-1-3-9-10-6-8(14)2-4-11(10)17(15,16)12(9)5-7/h1-6,14H. The summed E-state index contributed by atoms with van der Waals surface area (Å²) in [5.41, 5.74) is 1.20. The van der Waals surface area contributed by atoms with Crippen LogP contribution >= 0.6 is 15.9 Å². The van der Waals surface area contributed by atoms with Gasteiger partial charge in [-0.2, -0.15) is 0 Å². The molecule has 0 spiro atoms. The van der Waals surface area contributed by atoms with E-state index >= 15 is 0 Å². The van der Waals surface area contributed by atoms with Crippen molar-refractivity contribution in [1.82, 2.24) is 0 Å². The molecule has 1 aliphatic heterocycles. The number of sulfone groups is 1. The molecule has 0 radical (unpaired) electrons. The van der Waals surface area contributed by atoms with Crippen LogP contribution in [0.2, 0.25) is 0 Å². The van der Waals surface area contributed by atoms with E-state index in [1.54, 1.807) is 18.2 Å². The van der Waals surface area contributed by atoms with E-state index < -0.39 is 9.84 Å². The summed E-state index contributed by atoms with van der Waals surface area (Å²) in [4.78, 5) is 0.538. The van der Waals surface area contributed by atoms with Crippen molar-refractivity contribution in [2.75, 3.05) is 0 Å². The first kappa shape index (κ1) is 10.8. The summed E-state index contributed by atoms with van der Waals surface area (Å²) in [6, 6.07) is 9.41. The maximum absolute atomic E-state index is 12.2. The van der Waals surface area contributed by atoms with Gasteiger partial charge in [0.25, 0.3) is 0 Å². The van der Waals surface area contributed by atoms with Gasteiger partial charge in [-0.05, 0) is 30.3 Å². The first-order valence-corrected chi connectivity index (χ1v) is 7.16. The van der Waals surface area contributed by atoms with Crippen LogP contribution in [0, 0.1) is 0 Å². The van der Waals surface area contributed by atoms with E-state index in [1.165, 1.54) is 18.2 Å². The van der Waals surface area contributed by atoms with Crippen LogP contribution < -0.4 is 0 Å². The van der Waals surface area contributed by atoms with Crippen LogP contribution in [0.5, 0.6) is 5.75 Å². The number of phenolic OH excluding ortho intramolecular Hbond substituents is 1. The zero-order valence-electron chi connectivity index (χ0n) is 8.51. The van der Waals surface area contributed by atoms with E-state index in [0.717, 1.165) is 4.47 Å². The summed E-state index contributed by atoms with van der Waals surface area (Å²) in [6.07, 6.45) is 0. The normalized spacial score (nSPS) is 15.4. The maximum Gasteiger partial charge on any atom is 0.207 e. The van der Waals surface area contributed by atoms with E-state index in [1.807, 2.05) is 0 Å². The Balaban J connectivity index is 2.47. The zero-order chi connectivity index (χ0) is 12.2. The number of hydrogen-bond donors (Lipinski definition) is 1. The molecular weight excluding hydrogens is 304 g/mol. The summed E-state index contributed by atoms with van der Waals surface area (Å²) in [5, 5.41) is 9.44. The van der Waals surface area contributed by atoms with Crippen LogP contribution in [-0.2, 0) is 9.84 Å². The van der Waals surface area contributed by atoms with Crippen molar-refractivity contribution >= 4 is 25.8 Å². The zero-order valence-corrected chi connectivity index (χ0v) is 10.9. The van der Waals surface area contributed by atoms with Crippen LogP contribution in [0.15, 0.2) is 50.7 Å². The lowest BCUT2D eigenvalue weighted by Gasteiger charge is -1.99.